The molecule has 5 heteroatoms. The third kappa shape index (κ3) is 2.56. The van der Waals surface area contributed by atoms with Crippen molar-refractivity contribution < 1.29 is 8.78 Å². The van der Waals surface area contributed by atoms with Crippen LogP contribution in [-0.4, -0.2) is 5.76 Å². The number of hydrogen-bond donors (Lipinski definition) is 0. The second-order valence-electron chi connectivity index (χ2n) is 1.44. The molecule has 0 amide bonds. The molecule has 0 nitrogen and oxygen atoms in total. The van der Waals surface area contributed by atoms with Gasteiger partial charge in [0, 0.05) is 0 Å². The lowest BCUT2D eigenvalue weighted by Gasteiger charge is -1.91. The van der Waals surface area contributed by atoms with Gasteiger partial charge in [-0.25, -0.2) is 0 Å². The highest BCUT2D eigenvalue weighted by Gasteiger charge is 2.06. The molecule has 0 aliphatic heterocycles. The first kappa shape index (κ1) is 8.49. The number of thiophene rings is 1. The summed E-state index contributed by atoms with van der Waals surface area (Å²) in [6, 6.07) is 3.43. The average Bonchev–Trinajstić information content (AvgIpc) is 2.13. The van der Waals surface area contributed by atoms with Crippen LogP contribution >= 0.6 is 39.0 Å². The van der Waals surface area contributed by atoms with Gasteiger partial charge in [0.1, 0.15) is 0 Å². The fourth-order valence-corrected chi connectivity index (χ4v) is 2.89. The van der Waals surface area contributed by atoms with Crippen molar-refractivity contribution in [1.82, 2.24) is 0 Å². The van der Waals surface area contributed by atoms with E-state index in [1.807, 2.05) is 0 Å². The van der Waals surface area contributed by atoms with Gasteiger partial charge in [-0.3, -0.25) is 0 Å². The Morgan fingerprint density at radius 3 is 2.60 bits per heavy atom. The molecule has 56 valence electrons. The maximum atomic E-state index is 11.7. The average molecular weight is 245 g/mol. The smallest absolute Gasteiger partial charge is 0.198 e. The Kier molecular flexibility index (Phi) is 3.13. The van der Waals surface area contributed by atoms with Crippen LogP contribution in [0.25, 0.3) is 0 Å². The van der Waals surface area contributed by atoms with E-state index in [0.717, 1.165) is 3.79 Å². The summed E-state index contributed by atoms with van der Waals surface area (Å²) in [5.74, 6) is -2.31. The third-order valence-corrected chi connectivity index (χ3v) is 3.26. The van der Waals surface area contributed by atoms with Gasteiger partial charge in [0.2, 0.25) is 0 Å². The van der Waals surface area contributed by atoms with Crippen molar-refractivity contribution in [3.63, 3.8) is 0 Å². The van der Waals surface area contributed by atoms with Crippen LogP contribution in [0.15, 0.2) is 20.1 Å². The Balaban J connectivity index is 2.58. The van der Waals surface area contributed by atoms with E-state index in [4.69, 9.17) is 0 Å². The van der Waals surface area contributed by atoms with Crippen LogP contribution in [0.2, 0.25) is 0 Å². The van der Waals surface area contributed by atoms with E-state index in [0.29, 0.717) is 16.0 Å². The van der Waals surface area contributed by atoms with Gasteiger partial charge in [0.15, 0.2) is 0 Å². The van der Waals surface area contributed by atoms with Crippen LogP contribution in [0.4, 0.5) is 8.78 Å². The molecule has 1 heterocycles. The van der Waals surface area contributed by atoms with E-state index in [1.165, 1.54) is 11.3 Å². The van der Waals surface area contributed by atoms with Crippen LogP contribution in [0.5, 0.6) is 0 Å². The summed E-state index contributed by atoms with van der Waals surface area (Å²) in [7, 11) is 0. The minimum atomic E-state index is -2.31. The molecule has 0 saturated carbocycles. The lowest BCUT2D eigenvalue weighted by molar-refractivity contribution is 0.252. The monoisotopic (exact) mass is 244 g/mol. The van der Waals surface area contributed by atoms with E-state index in [1.54, 1.807) is 12.1 Å². The minimum Gasteiger partial charge on any atom is -0.198 e. The predicted octanol–water partition coefficient (Wildman–Crippen LogP) is 3.83. The van der Waals surface area contributed by atoms with E-state index in [-0.39, 0.29) is 0 Å². The first-order valence-corrected chi connectivity index (χ1v) is 4.87. The molecule has 0 radical (unpaired) electrons. The molecule has 0 saturated heterocycles. The molecule has 1 aromatic heterocycles. The zero-order chi connectivity index (χ0) is 7.56. The highest BCUT2D eigenvalue weighted by atomic mass is 79.9. The van der Waals surface area contributed by atoms with Crippen LogP contribution in [0, 0.1) is 0 Å². The lowest BCUT2D eigenvalue weighted by atomic mass is 10.7. The third-order valence-electron chi connectivity index (χ3n) is 0.754. The van der Waals surface area contributed by atoms with E-state index >= 15 is 0 Å². The molecule has 0 aliphatic rings. The Morgan fingerprint density at radius 2 is 2.20 bits per heavy atom. The van der Waals surface area contributed by atoms with E-state index in [2.05, 4.69) is 15.9 Å². The molecule has 0 fully saturated rings. The first-order valence-electron chi connectivity index (χ1n) is 2.38. The molecule has 10 heavy (non-hydrogen) atoms. The van der Waals surface area contributed by atoms with Gasteiger partial charge in [-0.05, 0) is 39.8 Å². The molecule has 0 N–H and O–H groups in total. The van der Waals surface area contributed by atoms with Gasteiger partial charge in [-0.15, -0.1) is 11.3 Å². The van der Waals surface area contributed by atoms with Crippen LogP contribution in [0.3, 0.4) is 0 Å². The van der Waals surface area contributed by atoms with Crippen molar-refractivity contribution in [2.45, 2.75) is 9.97 Å². The Hall–Kier alpha value is 0.390. The minimum absolute atomic E-state index is 0.574. The van der Waals surface area contributed by atoms with Crippen molar-refractivity contribution >= 4 is 39.0 Å². The lowest BCUT2D eigenvalue weighted by Crippen LogP contribution is -1.75. The van der Waals surface area contributed by atoms with Crippen molar-refractivity contribution in [2.75, 3.05) is 0 Å². The maximum Gasteiger partial charge on any atom is 0.289 e. The van der Waals surface area contributed by atoms with Crippen molar-refractivity contribution in [3.05, 3.63) is 15.9 Å². The normalized spacial score (nSPS) is 10.8. The molecule has 1 aromatic rings. The fourth-order valence-electron chi connectivity index (χ4n) is 0.449. The second kappa shape index (κ2) is 3.69. The van der Waals surface area contributed by atoms with Crippen molar-refractivity contribution in [3.8, 4) is 0 Å². The second-order valence-corrected chi connectivity index (χ2v) is 5.19. The summed E-state index contributed by atoms with van der Waals surface area (Å²) in [4.78, 5) is 0. The van der Waals surface area contributed by atoms with Gasteiger partial charge in [0.25, 0.3) is 5.76 Å². The van der Waals surface area contributed by atoms with Crippen molar-refractivity contribution in [2.24, 2.45) is 0 Å². The summed E-state index contributed by atoms with van der Waals surface area (Å²) in [6.07, 6.45) is 0. The summed E-state index contributed by atoms with van der Waals surface area (Å²) < 4.78 is 24.9. The fraction of sp³-hybridized carbons (Fsp3) is 0.200. The summed E-state index contributed by atoms with van der Waals surface area (Å²) in [5, 5.41) is 0. The Labute approximate surface area is 73.8 Å². The van der Waals surface area contributed by atoms with Crippen LogP contribution in [-0.2, 0) is 0 Å². The van der Waals surface area contributed by atoms with Crippen LogP contribution in [0.1, 0.15) is 0 Å². The van der Waals surface area contributed by atoms with Gasteiger partial charge in [-0.2, -0.15) is 8.78 Å². The number of halogens is 3. The standard InChI is InChI=1S/C5H3BrF2S2/c6-3-1-2-4(9-3)10-5(7)8/h1-2,5H. The summed E-state index contributed by atoms with van der Waals surface area (Å²) in [6.45, 7) is 0. The molecule has 0 aliphatic carbocycles. The SMILES string of the molecule is FC(F)Sc1ccc(Br)s1. The molecule has 0 bridgehead atoms. The van der Waals surface area contributed by atoms with Gasteiger partial charge >= 0.3 is 0 Å². The van der Waals surface area contributed by atoms with Crippen molar-refractivity contribution in [1.29, 1.82) is 0 Å². The number of rotatable bonds is 2. The molecular formula is C5H3BrF2S2. The Bertz CT molecular complexity index is 211. The maximum absolute atomic E-state index is 11.7. The van der Waals surface area contributed by atoms with Gasteiger partial charge < -0.3 is 0 Å². The zero-order valence-corrected chi connectivity index (χ0v) is 7.90. The molecule has 0 aromatic carbocycles. The first-order chi connectivity index (χ1) is 4.68. The van der Waals surface area contributed by atoms with E-state index in [9.17, 15) is 8.78 Å². The topological polar surface area (TPSA) is 0 Å². The van der Waals surface area contributed by atoms with Gasteiger partial charge in [-0.1, -0.05) is 0 Å². The highest BCUT2D eigenvalue weighted by molar-refractivity contribution is 9.11. The number of thioether (sulfide) groups is 1. The largest absolute Gasteiger partial charge is 0.289 e. The van der Waals surface area contributed by atoms with Gasteiger partial charge in [0.05, 0.1) is 8.00 Å². The molecule has 0 spiro atoms. The number of hydrogen-bond acceptors (Lipinski definition) is 2. The quantitative estimate of drug-likeness (QED) is 0.713. The summed E-state index contributed by atoms with van der Waals surface area (Å²) >= 11 is 5.07. The predicted molar refractivity (Wildman–Crippen MR) is 43.9 cm³/mol. The van der Waals surface area contributed by atoms with Crippen LogP contribution < -0.4 is 0 Å². The Morgan fingerprint density at radius 1 is 1.50 bits per heavy atom. The molecule has 1 rings (SSSR count). The number of alkyl halides is 2. The molecule has 0 atom stereocenters. The molecular weight excluding hydrogens is 242 g/mol. The highest BCUT2D eigenvalue weighted by Crippen LogP contribution is 2.33. The zero-order valence-electron chi connectivity index (χ0n) is 4.68. The summed E-state index contributed by atoms with van der Waals surface area (Å²) in [5.41, 5.74) is 0. The van der Waals surface area contributed by atoms with E-state index < -0.39 is 5.76 Å². The molecule has 0 unspecified atom stereocenters.